The van der Waals surface area contributed by atoms with Crippen LogP contribution in [-0.2, 0) is 12.7 Å². The van der Waals surface area contributed by atoms with E-state index in [0.29, 0.717) is 17.1 Å². The third kappa shape index (κ3) is 2.24. The van der Waals surface area contributed by atoms with E-state index in [1.807, 2.05) is 0 Å². The van der Waals surface area contributed by atoms with Crippen LogP contribution in [0.4, 0.5) is 13.2 Å². The first kappa shape index (κ1) is 12.6. The van der Waals surface area contributed by atoms with Gasteiger partial charge in [-0.1, -0.05) is 0 Å². The van der Waals surface area contributed by atoms with E-state index in [-0.39, 0.29) is 6.54 Å². The van der Waals surface area contributed by atoms with Crippen molar-refractivity contribution in [1.82, 2.24) is 9.55 Å². The lowest BCUT2D eigenvalue weighted by Crippen LogP contribution is -2.10. The Morgan fingerprint density at radius 2 is 2.06 bits per heavy atom. The standard InChI is InChI=1S/C12H12F3N3/c1-8-17-4-5-18(8)11-3-2-10(12(13,14)15)6-9(11)7-16/h2-6H,7,16H2,1H3. The third-order valence-electron chi connectivity index (χ3n) is 2.71. The van der Waals surface area contributed by atoms with Gasteiger partial charge in [-0.3, -0.25) is 0 Å². The van der Waals surface area contributed by atoms with Crippen LogP contribution < -0.4 is 5.73 Å². The summed E-state index contributed by atoms with van der Waals surface area (Å²) in [6, 6.07) is 3.54. The van der Waals surface area contributed by atoms with Gasteiger partial charge in [-0.15, -0.1) is 0 Å². The van der Waals surface area contributed by atoms with Gasteiger partial charge in [-0.2, -0.15) is 13.2 Å². The first-order valence-corrected chi connectivity index (χ1v) is 5.34. The number of hydrogen-bond acceptors (Lipinski definition) is 2. The lowest BCUT2D eigenvalue weighted by Gasteiger charge is -2.14. The van der Waals surface area contributed by atoms with Gasteiger partial charge < -0.3 is 10.3 Å². The summed E-state index contributed by atoms with van der Waals surface area (Å²) in [4.78, 5) is 4.04. The Bertz CT molecular complexity index is 558. The molecule has 0 spiro atoms. The molecule has 6 heteroatoms. The van der Waals surface area contributed by atoms with E-state index in [1.165, 1.54) is 6.07 Å². The smallest absolute Gasteiger partial charge is 0.326 e. The van der Waals surface area contributed by atoms with Crippen LogP contribution in [0.15, 0.2) is 30.6 Å². The van der Waals surface area contributed by atoms with Gasteiger partial charge in [-0.05, 0) is 30.7 Å². The monoisotopic (exact) mass is 255 g/mol. The van der Waals surface area contributed by atoms with E-state index in [9.17, 15) is 13.2 Å². The molecule has 0 fully saturated rings. The number of halogens is 3. The zero-order chi connectivity index (χ0) is 13.3. The Hall–Kier alpha value is -1.82. The van der Waals surface area contributed by atoms with Gasteiger partial charge in [0, 0.05) is 18.9 Å². The summed E-state index contributed by atoms with van der Waals surface area (Å²) in [5, 5.41) is 0. The molecule has 0 bridgehead atoms. The molecule has 0 aliphatic carbocycles. The van der Waals surface area contributed by atoms with Gasteiger partial charge in [0.1, 0.15) is 5.82 Å². The molecule has 1 heterocycles. The molecule has 0 unspecified atom stereocenters. The van der Waals surface area contributed by atoms with Crippen LogP contribution in [0, 0.1) is 6.92 Å². The highest BCUT2D eigenvalue weighted by molar-refractivity contribution is 5.45. The van der Waals surface area contributed by atoms with Crippen molar-refractivity contribution in [3.8, 4) is 5.69 Å². The molecule has 18 heavy (non-hydrogen) atoms. The Labute approximate surface area is 102 Å². The van der Waals surface area contributed by atoms with Gasteiger partial charge in [0.15, 0.2) is 0 Å². The normalized spacial score (nSPS) is 11.8. The van der Waals surface area contributed by atoms with Crippen molar-refractivity contribution in [2.24, 2.45) is 5.73 Å². The average molecular weight is 255 g/mol. The van der Waals surface area contributed by atoms with Crippen molar-refractivity contribution >= 4 is 0 Å². The van der Waals surface area contributed by atoms with Crippen molar-refractivity contribution in [3.63, 3.8) is 0 Å². The molecule has 1 aromatic heterocycles. The molecule has 0 amide bonds. The van der Waals surface area contributed by atoms with Gasteiger partial charge >= 0.3 is 6.18 Å². The van der Waals surface area contributed by atoms with Crippen LogP contribution in [0.1, 0.15) is 17.0 Å². The molecule has 0 atom stereocenters. The molecule has 96 valence electrons. The Balaban J connectivity index is 2.54. The van der Waals surface area contributed by atoms with E-state index >= 15 is 0 Å². The second kappa shape index (κ2) is 4.45. The largest absolute Gasteiger partial charge is 0.416 e. The van der Waals surface area contributed by atoms with Crippen LogP contribution in [0.5, 0.6) is 0 Å². The first-order valence-electron chi connectivity index (χ1n) is 5.34. The van der Waals surface area contributed by atoms with Crippen LogP contribution >= 0.6 is 0 Å². The third-order valence-corrected chi connectivity index (χ3v) is 2.71. The number of benzene rings is 1. The molecule has 0 aliphatic rings. The zero-order valence-corrected chi connectivity index (χ0v) is 9.70. The summed E-state index contributed by atoms with van der Waals surface area (Å²) in [5.74, 6) is 0.699. The number of rotatable bonds is 2. The average Bonchev–Trinajstić information content (AvgIpc) is 2.73. The minimum atomic E-state index is -4.35. The van der Waals surface area contributed by atoms with E-state index in [1.54, 1.807) is 23.9 Å². The summed E-state index contributed by atoms with van der Waals surface area (Å²) in [6.07, 6.45) is -1.07. The number of imidazole rings is 1. The highest BCUT2D eigenvalue weighted by atomic mass is 19.4. The second-order valence-electron chi connectivity index (χ2n) is 3.89. The molecule has 0 aliphatic heterocycles. The molecule has 0 saturated carbocycles. The number of nitrogens with zero attached hydrogens (tertiary/aromatic N) is 2. The minimum Gasteiger partial charge on any atom is -0.326 e. The Kier molecular flexibility index (Phi) is 3.13. The van der Waals surface area contributed by atoms with Gasteiger partial charge in [0.2, 0.25) is 0 Å². The van der Waals surface area contributed by atoms with Crippen molar-refractivity contribution in [2.75, 3.05) is 0 Å². The number of alkyl halides is 3. The number of aromatic nitrogens is 2. The van der Waals surface area contributed by atoms with Crippen molar-refractivity contribution in [1.29, 1.82) is 0 Å². The first-order chi connectivity index (χ1) is 8.43. The minimum absolute atomic E-state index is 0.0386. The number of hydrogen-bond donors (Lipinski definition) is 1. The molecular formula is C12H12F3N3. The zero-order valence-electron chi connectivity index (χ0n) is 9.70. The molecule has 0 radical (unpaired) electrons. The van der Waals surface area contributed by atoms with Crippen molar-refractivity contribution < 1.29 is 13.2 Å². The fourth-order valence-corrected chi connectivity index (χ4v) is 1.79. The van der Waals surface area contributed by atoms with E-state index in [4.69, 9.17) is 5.73 Å². The van der Waals surface area contributed by atoms with E-state index in [0.717, 1.165) is 12.1 Å². The molecule has 2 N–H and O–H groups in total. The number of aryl methyl sites for hydroxylation is 1. The summed E-state index contributed by atoms with van der Waals surface area (Å²) >= 11 is 0. The Morgan fingerprint density at radius 3 is 2.56 bits per heavy atom. The summed E-state index contributed by atoms with van der Waals surface area (Å²) < 4.78 is 39.5. The molecule has 0 saturated heterocycles. The highest BCUT2D eigenvalue weighted by Crippen LogP contribution is 2.31. The van der Waals surface area contributed by atoms with Gasteiger partial charge in [0.25, 0.3) is 0 Å². The van der Waals surface area contributed by atoms with Crippen LogP contribution in [0.2, 0.25) is 0 Å². The van der Waals surface area contributed by atoms with E-state index in [2.05, 4.69) is 4.98 Å². The fourth-order valence-electron chi connectivity index (χ4n) is 1.79. The maximum Gasteiger partial charge on any atom is 0.416 e. The summed E-state index contributed by atoms with van der Waals surface area (Å²) in [7, 11) is 0. The SMILES string of the molecule is Cc1nccn1-c1ccc(C(F)(F)F)cc1CN. The maximum atomic E-state index is 12.6. The quantitative estimate of drug-likeness (QED) is 0.896. The lowest BCUT2D eigenvalue weighted by atomic mass is 10.1. The number of nitrogens with two attached hydrogens (primary N) is 1. The van der Waals surface area contributed by atoms with E-state index < -0.39 is 11.7 Å². The van der Waals surface area contributed by atoms with Gasteiger partial charge in [0.05, 0.1) is 11.3 Å². The fraction of sp³-hybridized carbons (Fsp3) is 0.250. The molecule has 2 rings (SSSR count). The van der Waals surface area contributed by atoms with Crippen LogP contribution in [-0.4, -0.2) is 9.55 Å². The summed E-state index contributed by atoms with van der Waals surface area (Å²) in [6.45, 7) is 1.81. The van der Waals surface area contributed by atoms with Crippen molar-refractivity contribution in [3.05, 3.63) is 47.5 Å². The summed E-state index contributed by atoms with van der Waals surface area (Å²) in [5.41, 5.74) is 5.89. The lowest BCUT2D eigenvalue weighted by molar-refractivity contribution is -0.137. The van der Waals surface area contributed by atoms with Crippen LogP contribution in [0.3, 0.4) is 0 Å². The highest BCUT2D eigenvalue weighted by Gasteiger charge is 2.31. The molecule has 3 nitrogen and oxygen atoms in total. The van der Waals surface area contributed by atoms with Crippen LogP contribution in [0.25, 0.3) is 5.69 Å². The Morgan fingerprint density at radius 1 is 1.33 bits per heavy atom. The predicted octanol–water partition coefficient (Wildman–Crippen LogP) is 2.66. The van der Waals surface area contributed by atoms with Gasteiger partial charge in [-0.25, -0.2) is 4.98 Å². The topological polar surface area (TPSA) is 43.8 Å². The predicted molar refractivity (Wildman–Crippen MR) is 61.2 cm³/mol. The molecular weight excluding hydrogens is 243 g/mol. The molecule has 2 aromatic rings. The van der Waals surface area contributed by atoms with Crippen molar-refractivity contribution in [2.45, 2.75) is 19.6 Å². The second-order valence-corrected chi connectivity index (χ2v) is 3.89. The maximum absolute atomic E-state index is 12.6. The molecule has 1 aromatic carbocycles.